The molecule has 0 radical (unpaired) electrons. The van der Waals surface area contributed by atoms with Gasteiger partial charge in [-0.2, -0.15) is 0 Å². The predicted molar refractivity (Wildman–Crippen MR) is 81.4 cm³/mol. The topological polar surface area (TPSA) is 148 Å². The van der Waals surface area contributed by atoms with Crippen molar-refractivity contribution < 1.29 is 18.3 Å². The van der Waals surface area contributed by atoms with Crippen molar-refractivity contribution in [1.29, 1.82) is 0 Å². The molecule has 0 unspecified atom stereocenters. The first kappa shape index (κ1) is 15.7. The lowest BCUT2D eigenvalue weighted by molar-refractivity contribution is 0.0696. The molecular formula is C13H14N4O4S. The van der Waals surface area contributed by atoms with Crippen molar-refractivity contribution in [3.05, 3.63) is 41.6 Å². The van der Waals surface area contributed by atoms with E-state index < -0.39 is 20.9 Å². The van der Waals surface area contributed by atoms with Gasteiger partial charge in [0.25, 0.3) is 0 Å². The third-order valence-electron chi connectivity index (χ3n) is 2.85. The van der Waals surface area contributed by atoms with Crippen LogP contribution < -0.4 is 16.2 Å². The number of nitrogens with zero attached hydrogens (tertiary/aromatic N) is 1. The summed E-state index contributed by atoms with van der Waals surface area (Å²) in [5, 5.41) is 16.9. The minimum absolute atomic E-state index is 0.00870. The number of carboxylic acids is 1. The largest absolute Gasteiger partial charge is 0.478 e. The summed E-state index contributed by atoms with van der Waals surface area (Å²) in [5.41, 5.74) is 6.32. The number of carbonyl (C=O) groups is 1. The number of sulfonamides is 1. The van der Waals surface area contributed by atoms with Gasteiger partial charge in [-0.1, -0.05) is 0 Å². The van der Waals surface area contributed by atoms with Gasteiger partial charge in [0.05, 0.1) is 16.9 Å². The molecule has 1 aromatic heterocycles. The number of hydrogen-bond acceptors (Lipinski definition) is 6. The Balaban J connectivity index is 2.62. The molecule has 0 aliphatic heterocycles. The van der Waals surface area contributed by atoms with Crippen molar-refractivity contribution in [2.45, 2.75) is 11.8 Å². The fourth-order valence-corrected chi connectivity index (χ4v) is 2.60. The van der Waals surface area contributed by atoms with E-state index in [2.05, 4.69) is 10.3 Å². The lowest BCUT2D eigenvalue weighted by atomic mass is 10.1. The van der Waals surface area contributed by atoms with Gasteiger partial charge >= 0.3 is 5.97 Å². The van der Waals surface area contributed by atoms with E-state index in [0.717, 1.165) is 17.7 Å². The lowest BCUT2D eigenvalue weighted by Crippen LogP contribution is -2.16. The average molecular weight is 322 g/mol. The van der Waals surface area contributed by atoms with Gasteiger partial charge in [-0.15, -0.1) is 0 Å². The van der Waals surface area contributed by atoms with Crippen molar-refractivity contribution in [2.24, 2.45) is 5.14 Å². The Morgan fingerprint density at radius 3 is 2.55 bits per heavy atom. The summed E-state index contributed by atoms with van der Waals surface area (Å²) in [6.45, 7) is 1.84. The quantitative estimate of drug-likeness (QED) is 0.615. The molecule has 116 valence electrons. The monoisotopic (exact) mass is 322 g/mol. The van der Waals surface area contributed by atoms with E-state index in [1.165, 1.54) is 6.20 Å². The van der Waals surface area contributed by atoms with Gasteiger partial charge in [-0.3, -0.25) is 0 Å². The highest BCUT2D eigenvalue weighted by Gasteiger charge is 2.20. The number of aryl methyl sites for hydroxylation is 1. The smallest absolute Gasteiger partial charge is 0.335 e. The van der Waals surface area contributed by atoms with Gasteiger partial charge < -0.3 is 16.2 Å². The number of nitrogen functional groups attached to an aromatic ring is 1. The van der Waals surface area contributed by atoms with Gasteiger partial charge in [-0.25, -0.2) is 23.3 Å². The summed E-state index contributed by atoms with van der Waals surface area (Å²) in [6.07, 6.45) is 1.54. The summed E-state index contributed by atoms with van der Waals surface area (Å²) in [4.78, 5) is 14.7. The molecule has 2 rings (SSSR count). The van der Waals surface area contributed by atoms with E-state index in [1.807, 2.05) is 6.92 Å². The zero-order chi connectivity index (χ0) is 16.5. The molecule has 8 nitrogen and oxygen atoms in total. The molecule has 1 aromatic carbocycles. The van der Waals surface area contributed by atoms with E-state index in [9.17, 15) is 13.2 Å². The molecule has 0 saturated carbocycles. The van der Waals surface area contributed by atoms with Gasteiger partial charge in [0.2, 0.25) is 10.0 Å². The molecule has 0 aliphatic carbocycles. The molecule has 0 aliphatic rings. The molecule has 0 fully saturated rings. The number of pyridine rings is 1. The highest BCUT2D eigenvalue weighted by Crippen LogP contribution is 2.31. The third-order valence-corrected chi connectivity index (χ3v) is 3.79. The van der Waals surface area contributed by atoms with Crippen LogP contribution in [-0.4, -0.2) is 24.5 Å². The maximum Gasteiger partial charge on any atom is 0.335 e. The summed E-state index contributed by atoms with van der Waals surface area (Å²) in [5.74, 6) is -0.948. The van der Waals surface area contributed by atoms with Crippen LogP contribution >= 0.6 is 0 Å². The molecule has 9 heteroatoms. The summed E-state index contributed by atoms with van der Waals surface area (Å²) < 4.78 is 23.4. The molecule has 0 spiro atoms. The van der Waals surface area contributed by atoms with Crippen LogP contribution in [0.2, 0.25) is 0 Å². The van der Waals surface area contributed by atoms with Crippen molar-refractivity contribution in [3.63, 3.8) is 0 Å². The van der Waals surface area contributed by atoms with E-state index in [4.69, 9.17) is 16.0 Å². The number of nitrogens with two attached hydrogens (primary N) is 2. The first-order valence-electron chi connectivity index (χ1n) is 6.08. The van der Waals surface area contributed by atoms with Crippen molar-refractivity contribution in [3.8, 4) is 0 Å². The number of rotatable bonds is 4. The van der Waals surface area contributed by atoms with E-state index in [-0.39, 0.29) is 16.9 Å². The standard InChI is InChI=1S/C13H14N4O4S/c1-7-2-3-16-11(4-7)17-12-9(14)5-8(13(18)19)6-10(12)22(15,20)21/h2-6H,14H2,1H3,(H,16,17)(H,18,19)(H2,15,20,21). The average Bonchev–Trinajstić information content (AvgIpc) is 2.39. The Kier molecular flexibility index (Phi) is 4.02. The number of aromatic nitrogens is 1. The molecule has 22 heavy (non-hydrogen) atoms. The van der Waals surface area contributed by atoms with Crippen LogP contribution in [0.3, 0.4) is 0 Å². The maximum absolute atomic E-state index is 11.7. The number of carboxylic acid groups (broad SMARTS) is 1. The summed E-state index contributed by atoms with van der Waals surface area (Å²) >= 11 is 0. The van der Waals surface area contributed by atoms with Crippen LogP contribution in [0.1, 0.15) is 15.9 Å². The second-order valence-electron chi connectivity index (χ2n) is 4.63. The second kappa shape index (κ2) is 5.62. The molecule has 6 N–H and O–H groups in total. The minimum Gasteiger partial charge on any atom is -0.478 e. The fourth-order valence-electron chi connectivity index (χ4n) is 1.85. The second-order valence-corrected chi connectivity index (χ2v) is 6.16. The molecular weight excluding hydrogens is 308 g/mol. The lowest BCUT2D eigenvalue weighted by Gasteiger charge is -2.14. The first-order valence-corrected chi connectivity index (χ1v) is 7.62. The number of primary sulfonamides is 1. The zero-order valence-electron chi connectivity index (χ0n) is 11.6. The van der Waals surface area contributed by atoms with Gasteiger partial charge in [0.15, 0.2) is 0 Å². The highest BCUT2D eigenvalue weighted by molar-refractivity contribution is 7.89. The summed E-state index contributed by atoms with van der Waals surface area (Å²) in [7, 11) is -4.18. The first-order chi connectivity index (χ1) is 10.2. The Labute approximate surface area is 126 Å². The van der Waals surface area contributed by atoms with Gasteiger partial charge in [0.1, 0.15) is 10.7 Å². The molecule has 0 atom stereocenters. The number of nitrogens with one attached hydrogen (secondary N) is 1. The molecule has 0 bridgehead atoms. The Bertz CT molecular complexity index is 849. The van der Waals surface area contributed by atoms with Crippen LogP contribution in [0.5, 0.6) is 0 Å². The normalized spacial score (nSPS) is 11.2. The van der Waals surface area contributed by atoms with Crippen molar-refractivity contribution >= 4 is 33.2 Å². The van der Waals surface area contributed by atoms with Crippen molar-refractivity contribution in [2.75, 3.05) is 11.1 Å². The van der Waals surface area contributed by atoms with Crippen LogP contribution in [-0.2, 0) is 10.0 Å². The SMILES string of the molecule is Cc1ccnc(Nc2c(N)cc(C(=O)O)cc2S(N)(=O)=O)c1. The van der Waals surface area contributed by atoms with E-state index in [0.29, 0.717) is 5.82 Å². The number of aromatic carboxylic acids is 1. The number of anilines is 3. The number of hydrogen-bond donors (Lipinski definition) is 4. The molecule has 0 saturated heterocycles. The summed E-state index contributed by atoms with van der Waals surface area (Å²) in [6, 6.07) is 5.54. The molecule has 2 aromatic rings. The Morgan fingerprint density at radius 1 is 1.32 bits per heavy atom. The Morgan fingerprint density at radius 2 is 2.00 bits per heavy atom. The van der Waals surface area contributed by atoms with Crippen LogP contribution in [0.4, 0.5) is 17.2 Å². The van der Waals surface area contributed by atoms with Crippen LogP contribution in [0.25, 0.3) is 0 Å². The maximum atomic E-state index is 11.7. The van der Waals surface area contributed by atoms with E-state index in [1.54, 1.807) is 12.1 Å². The minimum atomic E-state index is -4.18. The Hall–Kier alpha value is -2.65. The molecule has 0 amide bonds. The van der Waals surface area contributed by atoms with Gasteiger partial charge in [0, 0.05) is 6.20 Å². The molecule has 1 heterocycles. The van der Waals surface area contributed by atoms with Crippen LogP contribution in [0, 0.1) is 6.92 Å². The zero-order valence-corrected chi connectivity index (χ0v) is 12.4. The fraction of sp³-hybridized carbons (Fsp3) is 0.0769. The predicted octanol–water partition coefficient (Wildman–Crippen LogP) is 1.06. The van der Waals surface area contributed by atoms with Gasteiger partial charge in [-0.05, 0) is 36.8 Å². The van der Waals surface area contributed by atoms with E-state index >= 15 is 0 Å². The van der Waals surface area contributed by atoms with Crippen LogP contribution in [0.15, 0.2) is 35.4 Å². The highest BCUT2D eigenvalue weighted by atomic mass is 32.2. The third kappa shape index (κ3) is 3.32. The van der Waals surface area contributed by atoms with Crippen molar-refractivity contribution in [1.82, 2.24) is 4.98 Å². The number of benzene rings is 1.